The second-order valence-electron chi connectivity index (χ2n) is 4.06. The lowest BCUT2D eigenvalue weighted by Gasteiger charge is -2.18. The Bertz CT molecular complexity index is 577. The van der Waals surface area contributed by atoms with Crippen LogP contribution in [0, 0.1) is 0 Å². The summed E-state index contributed by atoms with van der Waals surface area (Å²) in [5, 5.41) is 17.4. The zero-order valence-corrected chi connectivity index (χ0v) is 11.6. The summed E-state index contributed by atoms with van der Waals surface area (Å²) in [5.41, 5.74) is 0.923. The van der Waals surface area contributed by atoms with Crippen LogP contribution in [-0.4, -0.2) is 48.0 Å². The lowest BCUT2D eigenvalue weighted by Crippen LogP contribution is -2.39. The highest BCUT2D eigenvalue weighted by Gasteiger charge is 2.28. The normalized spacial score (nSPS) is 11.5. The van der Waals surface area contributed by atoms with Crippen molar-refractivity contribution in [2.75, 3.05) is 13.1 Å². The summed E-state index contributed by atoms with van der Waals surface area (Å²) in [5.74, 6) is -2.83. The lowest BCUT2D eigenvalue weighted by molar-refractivity contribution is -0.139. The predicted molar refractivity (Wildman–Crippen MR) is 69.9 cm³/mol. The smallest absolute Gasteiger partial charge is 0.318 e. The van der Waals surface area contributed by atoms with E-state index in [4.69, 9.17) is 10.2 Å². The van der Waals surface area contributed by atoms with E-state index in [-0.39, 0.29) is 4.90 Å². The topological polar surface area (TPSA) is 112 Å². The van der Waals surface area contributed by atoms with Crippen LogP contribution in [-0.2, 0) is 26.0 Å². The van der Waals surface area contributed by atoms with Crippen LogP contribution in [0.3, 0.4) is 0 Å². The largest absolute Gasteiger partial charge is 0.480 e. The molecule has 0 saturated carbocycles. The number of rotatable bonds is 7. The number of carboxylic acid groups (broad SMARTS) is 2. The molecule has 0 fully saturated rings. The van der Waals surface area contributed by atoms with Crippen LogP contribution in [0.5, 0.6) is 0 Å². The average Bonchev–Trinajstić information content (AvgIpc) is 2.37. The van der Waals surface area contributed by atoms with E-state index in [0.29, 0.717) is 4.31 Å². The zero-order valence-electron chi connectivity index (χ0n) is 10.8. The molecular formula is C12H15NO6S. The summed E-state index contributed by atoms with van der Waals surface area (Å²) >= 11 is 0. The first-order chi connectivity index (χ1) is 9.27. The molecule has 0 atom stereocenters. The Hall–Kier alpha value is -1.93. The molecule has 0 bridgehead atoms. The maximum absolute atomic E-state index is 12.2. The van der Waals surface area contributed by atoms with Crippen LogP contribution in [0.25, 0.3) is 0 Å². The van der Waals surface area contributed by atoms with Gasteiger partial charge in [-0.25, -0.2) is 8.42 Å². The molecule has 0 aliphatic carbocycles. The van der Waals surface area contributed by atoms with Crippen molar-refractivity contribution in [2.24, 2.45) is 0 Å². The van der Waals surface area contributed by atoms with E-state index in [2.05, 4.69) is 0 Å². The van der Waals surface area contributed by atoms with Crippen LogP contribution >= 0.6 is 0 Å². The maximum Gasteiger partial charge on any atom is 0.318 e. The van der Waals surface area contributed by atoms with Crippen molar-refractivity contribution in [3.05, 3.63) is 29.8 Å². The van der Waals surface area contributed by atoms with Crippen molar-refractivity contribution in [2.45, 2.75) is 18.2 Å². The number of aryl methyl sites for hydroxylation is 1. The number of nitrogens with zero attached hydrogens (tertiary/aromatic N) is 1. The van der Waals surface area contributed by atoms with E-state index >= 15 is 0 Å². The van der Waals surface area contributed by atoms with Crippen LogP contribution in [0.4, 0.5) is 0 Å². The minimum Gasteiger partial charge on any atom is -0.480 e. The number of sulfonamides is 1. The number of benzene rings is 1. The van der Waals surface area contributed by atoms with Crippen molar-refractivity contribution in [3.63, 3.8) is 0 Å². The SMILES string of the molecule is CCc1ccc(S(=O)(=O)N(CC(=O)O)CC(=O)O)cc1. The van der Waals surface area contributed by atoms with Crippen LogP contribution < -0.4 is 0 Å². The van der Waals surface area contributed by atoms with Gasteiger partial charge in [0.25, 0.3) is 0 Å². The fourth-order valence-corrected chi connectivity index (χ4v) is 2.91. The third kappa shape index (κ3) is 4.04. The van der Waals surface area contributed by atoms with Gasteiger partial charge in [0, 0.05) is 0 Å². The summed E-state index contributed by atoms with van der Waals surface area (Å²) in [7, 11) is -4.14. The molecule has 0 heterocycles. The zero-order chi connectivity index (χ0) is 15.3. The molecule has 0 aromatic heterocycles. The van der Waals surface area contributed by atoms with E-state index in [1.54, 1.807) is 12.1 Å². The molecule has 7 nitrogen and oxygen atoms in total. The van der Waals surface area contributed by atoms with Gasteiger partial charge < -0.3 is 10.2 Å². The third-order valence-electron chi connectivity index (χ3n) is 2.59. The number of aliphatic carboxylic acids is 2. The van der Waals surface area contributed by atoms with Gasteiger partial charge in [0.05, 0.1) is 4.90 Å². The Kier molecular flexibility index (Phi) is 5.23. The molecule has 2 N–H and O–H groups in total. The number of carboxylic acids is 2. The summed E-state index contributed by atoms with van der Waals surface area (Å²) in [4.78, 5) is 21.2. The van der Waals surface area contributed by atoms with Crippen molar-refractivity contribution < 1.29 is 28.2 Å². The minimum absolute atomic E-state index is 0.128. The van der Waals surface area contributed by atoms with Gasteiger partial charge in [-0.1, -0.05) is 19.1 Å². The first-order valence-corrected chi connectivity index (χ1v) is 7.24. The first kappa shape index (κ1) is 16.1. The highest BCUT2D eigenvalue weighted by Crippen LogP contribution is 2.16. The van der Waals surface area contributed by atoms with Gasteiger partial charge in [0.1, 0.15) is 13.1 Å². The average molecular weight is 301 g/mol. The molecule has 0 unspecified atom stereocenters. The van der Waals surface area contributed by atoms with Crippen LogP contribution in [0.1, 0.15) is 12.5 Å². The fourth-order valence-electron chi connectivity index (χ4n) is 1.57. The van der Waals surface area contributed by atoms with Crippen molar-refractivity contribution in [1.82, 2.24) is 4.31 Å². The van der Waals surface area contributed by atoms with E-state index in [1.165, 1.54) is 12.1 Å². The highest BCUT2D eigenvalue weighted by atomic mass is 32.2. The summed E-state index contributed by atoms with van der Waals surface area (Å²) in [6, 6.07) is 5.88. The fraction of sp³-hybridized carbons (Fsp3) is 0.333. The third-order valence-corrected chi connectivity index (χ3v) is 4.40. The van der Waals surface area contributed by atoms with Crippen molar-refractivity contribution in [1.29, 1.82) is 0 Å². The monoisotopic (exact) mass is 301 g/mol. The molecule has 1 aromatic carbocycles. The van der Waals surface area contributed by atoms with Gasteiger partial charge in [-0.05, 0) is 24.1 Å². The Labute approximate surface area is 116 Å². The second-order valence-corrected chi connectivity index (χ2v) is 6.00. The van der Waals surface area contributed by atoms with E-state index in [0.717, 1.165) is 12.0 Å². The Morgan fingerprint density at radius 2 is 1.50 bits per heavy atom. The van der Waals surface area contributed by atoms with Crippen LogP contribution in [0.15, 0.2) is 29.2 Å². The Balaban J connectivity index is 3.13. The molecular weight excluding hydrogens is 286 g/mol. The molecule has 20 heavy (non-hydrogen) atoms. The highest BCUT2D eigenvalue weighted by molar-refractivity contribution is 7.89. The predicted octanol–water partition coefficient (Wildman–Crippen LogP) is 0.409. The first-order valence-electron chi connectivity index (χ1n) is 5.80. The van der Waals surface area contributed by atoms with Crippen molar-refractivity contribution in [3.8, 4) is 0 Å². The second kappa shape index (κ2) is 6.49. The molecule has 110 valence electrons. The molecule has 1 rings (SSSR count). The van der Waals surface area contributed by atoms with Gasteiger partial charge in [-0.15, -0.1) is 0 Å². The van der Waals surface area contributed by atoms with E-state index in [1.807, 2.05) is 6.92 Å². The van der Waals surface area contributed by atoms with Crippen molar-refractivity contribution >= 4 is 22.0 Å². The molecule has 0 aliphatic heterocycles. The standard InChI is InChI=1S/C12H15NO6S/c1-2-9-3-5-10(6-4-9)20(18,19)13(7-11(14)15)8-12(16)17/h3-6H,2,7-8H2,1H3,(H,14,15)(H,16,17). The van der Waals surface area contributed by atoms with E-state index in [9.17, 15) is 18.0 Å². The summed E-state index contributed by atoms with van der Waals surface area (Å²) in [6.07, 6.45) is 0.730. The van der Waals surface area contributed by atoms with Gasteiger partial charge in [0.2, 0.25) is 10.0 Å². The van der Waals surface area contributed by atoms with Gasteiger partial charge in [-0.2, -0.15) is 4.31 Å². The Morgan fingerprint density at radius 1 is 1.05 bits per heavy atom. The molecule has 0 aliphatic rings. The Morgan fingerprint density at radius 3 is 1.85 bits per heavy atom. The van der Waals surface area contributed by atoms with Gasteiger partial charge in [-0.3, -0.25) is 9.59 Å². The molecule has 0 radical (unpaired) electrons. The summed E-state index contributed by atoms with van der Waals surface area (Å²) < 4.78 is 24.8. The maximum atomic E-state index is 12.2. The number of carbonyl (C=O) groups is 2. The quantitative estimate of drug-likeness (QED) is 0.754. The van der Waals surface area contributed by atoms with Gasteiger partial charge in [0.15, 0.2) is 0 Å². The molecule has 1 aromatic rings. The molecule has 0 saturated heterocycles. The number of hydrogen-bond acceptors (Lipinski definition) is 4. The van der Waals surface area contributed by atoms with E-state index < -0.39 is 35.1 Å². The lowest BCUT2D eigenvalue weighted by atomic mass is 10.2. The van der Waals surface area contributed by atoms with Crippen LogP contribution in [0.2, 0.25) is 0 Å². The molecule has 8 heteroatoms. The molecule has 0 spiro atoms. The van der Waals surface area contributed by atoms with Gasteiger partial charge >= 0.3 is 11.9 Å². The molecule has 0 amide bonds. The summed E-state index contributed by atoms with van der Waals surface area (Å²) in [6.45, 7) is 0.110. The number of hydrogen-bond donors (Lipinski definition) is 2. The minimum atomic E-state index is -4.14.